The molecule has 0 spiro atoms. The third-order valence-corrected chi connectivity index (χ3v) is 16.2. The molecule has 6 nitrogen and oxygen atoms in total. The summed E-state index contributed by atoms with van der Waals surface area (Å²) in [5.41, 5.74) is 0. The fourth-order valence-corrected chi connectivity index (χ4v) is 13.7. The van der Waals surface area contributed by atoms with E-state index in [4.69, 9.17) is 26.6 Å². The van der Waals surface area contributed by atoms with Gasteiger partial charge in [0.15, 0.2) is 0 Å². The topological polar surface area (TPSA) is 55.4 Å². The zero-order valence-corrected chi connectivity index (χ0v) is 28.1. The molecule has 8 heteroatoms. The maximum Gasteiger partial charge on any atom is 0.512 e. The molecular formula is C29H64O6Si2. The fourth-order valence-electron chi connectivity index (χ4n) is 4.49. The fraction of sp³-hybridized carbons (Fsp3) is 1.00. The predicted molar refractivity (Wildman–Crippen MR) is 160 cm³/mol. The van der Waals surface area contributed by atoms with E-state index in [1.54, 1.807) is 0 Å². The van der Waals surface area contributed by atoms with Crippen LogP contribution in [0.15, 0.2) is 0 Å². The summed E-state index contributed by atoms with van der Waals surface area (Å²) >= 11 is 0. The highest BCUT2D eigenvalue weighted by molar-refractivity contribution is 6.85. The van der Waals surface area contributed by atoms with Crippen LogP contribution in [0.5, 0.6) is 0 Å². The molecule has 0 saturated heterocycles. The second-order valence-electron chi connectivity index (χ2n) is 10.1. The Morgan fingerprint density at radius 2 is 0.541 bits per heavy atom. The van der Waals surface area contributed by atoms with E-state index in [2.05, 4.69) is 55.4 Å². The second-order valence-corrected chi connectivity index (χ2v) is 16.5. The van der Waals surface area contributed by atoms with Crippen LogP contribution < -0.4 is 0 Å². The van der Waals surface area contributed by atoms with Crippen LogP contribution in [0.3, 0.4) is 0 Å². The van der Waals surface area contributed by atoms with E-state index >= 15 is 0 Å². The minimum Gasteiger partial charge on any atom is -0.373 e. The molecule has 0 atom stereocenters. The Hall–Kier alpha value is 0.194. The van der Waals surface area contributed by atoms with Crippen LogP contribution in [0, 0.1) is 0 Å². The summed E-state index contributed by atoms with van der Waals surface area (Å²) in [6.07, 6.45) is 13.8. The van der Waals surface area contributed by atoms with Gasteiger partial charge in [0, 0.05) is 39.6 Å². The van der Waals surface area contributed by atoms with Crippen LogP contribution in [0.1, 0.15) is 145 Å². The van der Waals surface area contributed by atoms with Crippen LogP contribution in [0.4, 0.5) is 0 Å². The third kappa shape index (κ3) is 11.7. The summed E-state index contributed by atoms with van der Waals surface area (Å²) in [4.78, 5) is 0. The number of unbranched alkanes of at least 4 members (excludes halogenated alkanes) is 6. The van der Waals surface area contributed by atoms with Gasteiger partial charge in [0.25, 0.3) is 0 Å². The first-order valence-corrected chi connectivity index (χ1v) is 19.3. The smallest absolute Gasteiger partial charge is 0.373 e. The van der Waals surface area contributed by atoms with Crippen molar-refractivity contribution in [2.24, 2.45) is 0 Å². The van der Waals surface area contributed by atoms with Crippen LogP contribution in [0.2, 0.25) is 4.66 Å². The molecule has 224 valence electrons. The van der Waals surface area contributed by atoms with E-state index < -0.39 is 22.3 Å². The quantitative estimate of drug-likeness (QED) is 0.0698. The molecule has 37 heavy (non-hydrogen) atoms. The SMILES string of the molecule is CCCCO[Si](OCCCC)(OCCCC)C(CC)(CC)[Si](OCCCC)(OCCCC)OCCCC. The van der Waals surface area contributed by atoms with Gasteiger partial charge in [-0.2, -0.15) is 0 Å². The lowest BCUT2D eigenvalue weighted by atomic mass is 10.2. The Morgan fingerprint density at radius 1 is 0.351 bits per heavy atom. The molecule has 0 aromatic heterocycles. The van der Waals surface area contributed by atoms with Gasteiger partial charge in [-0.15, -0.1) is 0 Å². The summed E-state index contributed by atoms with van der Waals surface area (Å²) < 4.78 is 41.0. The van der Waals surface area contributed by atoms with Crippen molar-refractivity contribution >= 4 is 17.6 Å². The Labute approximate surface area is 233 Å². The van der Waals surface area contributed by atoms with Crippen molar-refractivity contribution in [1.29, 1.82) is 0 Å². The molecule has 0 rings (SSSR count). The van der Waals surface area contributed by atoms with Crippen molar-refractivity contribution in [2.75, 3.05) is 39.6 Å². The minimum atomic E-state index is -3.32. The number of rotatable bonds is 28. The van der Waals surface area contributed by atoms with Crippen molar-refractivity contribution in [3.05, 3.63) is 0 Å². The average molecular weight is 565 g/mol. The van der Waals surface area contributed by atoms with E-state index in [0.29, 0.717) is 39.6 Å². The van der Waals surface area contributed by atoms with Crippen molar-refractivity contribution < 1.29 is 26.6 Å². The first-order valence-electron chi connectivity index (χ1n) is 15.8. The lowest BCUT2D eigenvalue weighted by Gasteiger charge is -2.51. The summed E-state index contributed by atoms with van der Waals surface area (Å²) in [5.74, 6) is 0. The molecule has 0 bridgehead atoms. The molecule has 0 aromatic rings. The second kappa shape index (κ2) is 23.0. The molecular weight excluding hydrogens is 500 g/mol. The molecule has 0 aliphatic heterocycles. The summed E-state index contributed by atoms with van der Waals surface area (Å²) in [6, 6.07) is 0. The monoisotopic (exact) mass is 564 g/mol. The molecule has 0 saturated carbocycles. The van der Waals surface area contributed by atoms with Gasteiger partial charge in [0.1, 0.15) is 4.66 Å². The molecule has 0 aliphatic rings. The van der Waals surface area contributed by atoms with Crippen LogP contribution in [0.25, 0.3) is 0 Å². The van der Waals surface area contributed by atoms with Crippen LogP contribution in [-0.2, 0) is 26.6 Å². The number of hydrogen-bond acceptors (Lipinski definition) is 6. The van der Waals surface area contributed by atoms with E-state index in [1.807, 2.05) is 0 Å². The summed E-state index contributed by atoms with van der Waals surface area (Å²) in [7, 11) is -6.63. The molecule has 0 N–H and O–H groups in total. The zero-order chi connectivity index (χ0) is 27.9. The van der Waals surface area contributed by atoms with Gasteiger partial charge in [-0.25, -0.2) is 0 Å². The van der Waals surface area contributed by atoms with Crippen molar-refractivity contribution in [2.45, 2.75) is 150 Å². The molecule has 0 fully saturated rings. The Kier molecular flexibility index (Phi) is 23.1. The van der Waals surface area contributed by atoms with E-state index in [-0.39, 0.29) is 0 Å². The van der Waals surface area contributed by atoms with E-state index in [1.165, 1.54) is 0 Å². The van der Waals surface area contributed by atoms with Crippen molar-refractivity contribution in [1.82, 2.24) is 0 Å². The molecule has 0 unspecified atom stereocenters. The Balaban J connectivity index is 6.96. The lowest BCUT2D eigenvalue weighted by Crippen LogP contribution is -2.71. The van der Waals surface area contributed by atoms with Crippen LogP contribution in [-0.4, -0.2) is 57.3 Å². The third-order valence-electron chi connectivity index (χ3n) is 7.12. The van der Waals surface area contributed by atoms with Gasteiger partial charge in [-0.3, -0.25) is 0 Å². The zero-order valence-electron chi connectivity index (χ0n) is 26.1. The molecule has 0 amide bonds. The van der Waals surface area contributed by atoms with Gasteiger partial charge in [0.05, 0.1) is 0 Å². The summed E-state index contributed by atoms with van der Waals surface area (Å²) in [5, 5.41) is 0. The highest BCUT2D eigenvalue weighted by Gasteiger charge is 2.75. The maximum atomic E-state index is 6.92. The van der Waals surface area contributed by atoms with Gasteiger partial charge >= 0.3 is 17.6 Å². The van der Waals surface area contributed by atoms with Gasteiger partial charge in [-0.05, 0) is 51.4 Å². The van der Waals surface area contributed by atoms with Gasteiger partial charge in [-0.1, -0.05) is 93.9 Å². The minimum absolute atomic E-state index is 0.551. The Morgan fingerprint density at radius 3 is 0.676 bits per heavy atom. The molecule has 0 aliphatic carbocycles. The number of hydrogen-bond donors (Lipinski definition) is 0. The highest BCUT2D eigenvalue weighted by atomic mass is 28.5. The summed E-state index contributed by atoms with van der Waals surface area (Å²) in [6.45, 7) is 21.4. The Bertz CT molecular complexity index is 412. The lowest BCUT2D eigenvalue weighted by molar-refractivity contribution is -0.00365. The largest absolute Gasteiger partial charge is 0.512 e. The standard InChI is InChI=1S/C29H64O6Si2/c1-9-17-23-30-36(31-24-18-10-2,32-25-19-11-3)29(15-7,16-8)37(33-26-20-12-4,34-27-21-13-5)35-28-22-14-6/h9-28H2,1-8H3. The average Bonchev–Trinajstić information content (AvgIpc) is 2.90. The first-order chi connectivity index (χ1) is 18.0. The molecule has 0 heterocycles. The van der Waals surface area contributed by atoms with E-state index in [0.717, 1.165) is 89.9 Å². The van der Waals surface area contributed by atoms with Crippen LogP contribution >= 0.6 is 0 Å². The first kappa shape index (κ1) is 37.2. The molecule has 0 radical (unpaired) electrons. The molecule has 0 aromatic carbocycles. The predicted octanol–water partition coefficient (Wildman–Crippen LogP) is 8.86. The van der Waals surface area contributed by atoms with E-state index in [9.17, 15) is 0 Å². The maximum absolute atomic E-state index is 6.92. The highest BCUT2D eigenvalue weighted by Crippen LogP contribution is 2.55. The van der Waals surface area contributed by atoms with Gasteiger partial charge in [0.2, 0.25) is 0 Å². The van der Waals surface area contributed by atoms with Gasteiger partial charge < -0.3 is 26.6 Å². The normalized spacial score (nSPS) is 13.0. The van der Waals surface area contributed by atoms with Crippen molar-refractivity contribution in [3.63, 3.8) is 0 Å². The van der Waals surface area contributed by atoms with Crippen molar-refractivity contribution in [3.8, 4) is 0 Å².